The predicted octanol–water partition coefficient (Wildman–Crippen LogP) is 5.75. The number of fused-ring (bicyclic) bond motifs is 1. The first-order valence-electron chi connectivity index (χ1n) is 11.0. The van der Waals surface area contributed by atoms with Crippen molar-refractivity contribution in [1.82, 2.24) is 24.9 Å². The molecule has 0 spiro atoms. The lowest BCUT2D eigenvalue weighted by Gasteiger charge is -2.30. The Morgan fingerprint density at radius 3 is 2.53 bits per heavy atom. The summed E-state index contributed by atoms with van der Waals surface area (Å²) in [5, 5.41) is 0. The molecule has 4 aromatic heterocycles. The fourth-order valence-electron chi connectivity index (χ4n) is 4.31. The first-order chi connectivity index (χ1) is 16.3. The van der Waals surface area contributed by atoms with Crippen molar-refractivity contribution in [2.75, 3.05) is 6.61 Å². The van der Waals surface area contributed by atoms with Gasteiger partial charge in [0.05, 0.1) is 23.0 Å². The molecule has 4 aromatic rings. The van der Waals surface area contributed by atoms with Crippen molar-refractivity contribution in [3.63, 3.8) is 0 Å². The molecule has 1 aliphatic rings. The van der Waals surface area contributed by atoms with E-state index >= 15 is 0 Å². The Morgan fingerprint density at radius 2 is 1.79 bits per heavy atom. The average Bonchev–Trinajstić information content (AvgIpc) is 2.83. The van der Waals surface area contributed by atoms with Crippen LogP contribution in [0.25, 0.3) is 22.3 Å². The summed E-state index contributed by atoms with van der Waals surface area (Å²) in [6.07, 6.45) is 1.52. The van der Waals surface area contributed by atoms with Gasteiger partial charge in [-0.2, -0.15) is 13.2 Å². The minimum Gasteiger partial charge on any atom is -0.373 e. The van der Waals surface area contributed by atoms with Crippen LogP contribution in [0.15, 0.2) is 48.9 Å². The van der Waals surface area contributed by atoms with Gasteiger partial charge in [0.25, 0.3) is 0 Å². The van der Waals surface area contributed by atoms with E-state index in [-0.39, 0.29) is 12.0 Å². The fourth-order valence-corrected chi connectivity index (χ4v) is 4.31. The van der Waals surface area contributed by atoms with Crippen LogP contribution in [0.5, 0.6) is 0 Å². The lowest BCUT2D eigenvalue weighted by Crippen LogP contribution is -2.20. The maximum Gasteiger partial charge on any atom is 0.433 e. The zero-order valence-corrected chi connectivity index (χ0v) is 18.7. The van der Waals surface area contributed by atoms with Crippen LogP contribution in [-0.4, -0.2) is 31.5 Å². The third-order valence-electron chi connectivity index (χ3n) is 5.99. The van der Waals surface area contributed by atoms with Crippen LogP contribution in [0, 0.1) is 13.8 Å². The van der Waals surface area contributed by atoms with Crippen molar-refractivity contribution < 1.29 is 17.9 Å². The third kappa shape index (κ3) is 4.48. The minimum absolute atomic E-state index is 0.0854. The van der Waals surface area contributed by atoms with Crippen molar-refractivity contribution in [3.05, 3.63) is 77.3 Å². The van der Waals surface area contributed by atoms with Gasteiger partial charge in [0.1, 0.15) is 11.2 Å². The monoisotopic (exact) mass is 465 g/mol. The molecule has 0 aromatic carbocycles. The van der Waals surface area contributed by atoms with E-state index in [0.29, 0.717) is 28.9 Å². The van der Waals surface area contributed by atoms with E-state index in [9.17, 15) is 13.2 Å². The molecule has 0 amide bonds. The second kappa shape index (κ2) is 8.72. The largest absolute Gasteiger partial charge is 0.433 e. The lowest BCUT2D eigenvalue weighted by atomic mass is 9.88. The molecule has 1 fully saturated rings. The molecule has 1 saturated heterocycles. The molecule has 5 rings (SSSR count). The van der Waals surface area contributed by atoms with Gasteiger partial charge in [-0.25, -0.2) is 4.98 Å². The Morgan fingerprint density at radius 1 is 0.941 bits per heavy atom. The second-order valence-electron chi connectivity index (χ2n) is 8.52. The van der Waals surface area contributed by atoms with Crippen LogP contribution in [0.4, 0.5) is 13.2 Å². The molecule has 0 N–H and O–H groups in total. The van der Waals surface area contributed by atoms with Gasteiger partial charge < -0.3 is 4.74 Å². The van der Waals surface area contributed by atoms with Crippen LogP contribution in [-0.2, 0) is 10.9 Å². The number of nitrogens with zero attached hydrogens (tertiary/aromatic N) is 5. The molecule has 9 heteroatoms. The maximum absolute atomic E-state index is 13.0. The van der Waals surface area contributed by atoms with E-state index in [1.807, 2.05) is 32.0 Å². The highest BCUT2D eigenvalue weighted by atomic mass is 19.4. The Kier molecular flexibility index (Phi) is 5.73. The summed E-state index contributed by atoms with van der Waals surface area (Å²) in [4.78, 5) is 21.8. The normalized spacial score (nSPS) is 18.9. The van der Waals surface area contributed by atoms with E-state index in [1.54, 1.807) is 12.4 Å². The Labute approximate surface area is 194 Å². The summed E-state index contributed by atoms with van der Waals surface area (Å²) in [5.74, 6) is 0.0973. The molecule has 0 unspecified atom stereocenters. The quantitative estimate of drug-likeness (QED) is 0.383. The molecule has 174 valence electrons. The van der Waals surface area contributed by atoms with Crippen LogP contribution >= 0.6 is 0 Å². The van der Waals surface area contributed by atoms with Gasteiger partial charge in [-0.05, 0) is 62.6 Å². The van der Waals surface area contributed by atoms with Crippen molar-refractivity contribution >= 4 is 11.0 Å². The first-order valence-corrected chi connectivity index (χ1v) is 11.0. The molecule has 6 nitrogen and oxygen atoms in total. The predicted molar refractivity (Wildman–Crippen MR) is 120 cm³/mol. The number of hydrogen-bond acceptors (Lipinski definition) is 6. The van der Waals surface area contributed by atoms with Gasteiger partial charge in [0.15, 0.2) is 0 Å². The SMILES string of the molecule is Cc1cc([C@H]2C[C@@H](c3cc4nc(C)cnc4c(-c4ccc(C(F)(F)F)nc4)n3)CCO2)ccn1. The zero-order valence-electron chi connectivity index (χ0n) is 18.7. The number of hydrogen-bond donors (Lipinski definition) is 0. The second-order valence-corrected chi connectivity index (χ2v) is 8.52. The van der Waals surface area contributed by atoms with E-state index in [0.717, 1.165) is 41.6 Å². The van der Waals surface area contributed by atoms with E-state index < -0.39 is 11.9 Å². The summed E-state index contributed by atoms with van der Waals surface area (Å²) in [6, 6.07) is 8.26. The number of halogens is 3. The molecule has 0 radical (unpaired) electrons. The van der Waals surface area contributed by atoms with E-state index in [2.05, 4.69) is 19.9 Å². The van der Waals surface area contributed by atoms with Crippen LogP contribution in [0.2, 0.25) is 0 Å². The lowest BCUT2D eigenvalue weighted by molar-refractivity contribution is -0.141. The molecular weight excluding hydrogens is 443 g/mol. The molecule has 1 aliphatic heterocycles. The highest BCUT2D eigenvalue weighted by Gasteiger charge is 2.32. The molecule has 0 aliphatic carbocycles. The van der Waals surface area contributed by atoms with Gasteiger partial charge in [-0.15, -0.1) is 0 Å². The van der Waals surface area contributed by atoms with Crippen LogP contribution < -0.4 is 0 Å². The van der Waals surface area contributed by atoms with Gasteiger partial charge >= 0.3 is 6.18 Å². The van der Waals surface area contributed by atoms with Crippen molar-refractivity contribution in [2.24, 2.45) is 0 Å². The zero-order chi connectivity index (χ0) is 23.9. The summed E-state index contributed by atoms with van der Waals surface area (Å²) < 4.78 is 45.1. The van der Waals surface area contributed by atoms with Gasteiger partial charge in [0.2, 0.25) is 0 Å². The minimum atomic E-state index is -4.50. The van der Waals surface area contributed by atoms with Gasteiger partial charge in [-0.3, -0.25) is 19.9 Å². The number of aryl methyl sites for hydroxylation is 2. The highest BCUT2D eigenvalue weighted by Crippen LogP contribution is 2.39. The van der Waals surface area contributed by atoms with Crippen LogP contribution in [0.1, 0.15) is 53.2 Å². The van der Waals surface area contributed by atoms with Crippen molar-refractivity contribution in [2.45, 2.75) is 44.9 Å². The van der Waals surface area contributed by atoms with Crippen LogP contribution in [0.3, 0.4) is 0 Å². The first kappa shape index (κ1) is 22.3. The molecular formula is C25H22F3N5O. The number of pyridine rings is 3. The topological polar surface area (TPSA) is 73.7 Å². The van der Waals surface area contributed by atoms with Crippen molar-refractivity contribution in [3.8, 4) is 11.3 Å². The molecule has 2 atom stereocenters. The fraction of sp³-hybridized carbons (Fsp3) is 0.320. The molecule has 34 heavy (non-hydrogen) atoms. The van der Waals surface area contributed by atoms with E-state index in [4.69, 9.17) is 9.72 Å². The smallest absolute Gasteiger partial charge is 0.373 e. The summed E-state index contributed by atoms with van der Waals surface area (Å²) in [5.41, 5.74) is 4.75. The maximum atomic E-state index is 13.0. The number of rotatable bonds is 3. The van der Waals surface area contributed by atoms with E-state index in [1.165, 1.54) is 12.3 Å². The number of ether oxygens (including phenoxy) is 1. The highest BCUT2D eigenvalue weighted by molar-refractivity contribution is 5.89. The van der Waals surface area contributed by atoms with Crippen molar-refractivity contribution in [1.29, 1.82) is 0 Å². The van der Waals surface area contributed by atoms with Gasteiger partial charge in [0, 0.05) is 48.1 Å². The molecule has 0 bridgehead atoms. The Bertz CT molecular complexity index is 1340. The summed E-state index contributed by atoms with van der Waals surface area (Å²) in [7, 11) is 0. The van der Waals surface area contributed by atoms with Gasteiger partial charge in [-0.1, -0.05) is 0 Å². The summed E-state index contributed by atoms with van der Waals surface area (Å²) >= 11 is 0. The number of alkyl halides is 3. The molecule has 5 heterocycles. The Balaban J connectivity index is 1.55. The standard InChI is InChI=1S/C25H22F3N5O/c1-14-9-17(5-7-29-14)21-10-16(6-8-34-21)19-11-20-24(31-12-15(2)32-20)23(33-19)18-3-4-22(30-13-18)25(26,27)28/h3-5,7,9,11-13,16,21H,6,8,10H2,1-2H3/t16-,21+/m0/s1. The Hall–Kier alpha value is -3.46. The number of aromatic nitrogens is 5. The average molecular weight is 465 g/mol. The summed E-state index contributed by atoms with van der Waals surface area (Å²) in [6.45, 7) is 4.37. The molecule has 0 saturated carbocycles. The third-order valence-corrected chi connectivity index (χ3v) is 5.99.